The summed E-state index contributed by atoms with van der Waals surface area (Å²) < 4.78 is 0. The second kappa shape index (κ2) is 2.58. The molecule has 3 heteroatoms. The van der Waals surface area contributed by atoms with Crippen LogP contribution in [0.3, 0.4) is 0 Å². The molecule has 1 fully saturated rings. The van der Waals surface area contributed by atoms with Crippen LogP contribution in [0.2, 0.25) is 0 Å². The zero-order chi connectivity index (χ0) is 7.61. The van der Waals surface area contributed by atoms with Gasteiger partial charge in [0.15, 0.2) is 0 Å². The molecule has 0 saturated heterocycles. The Hall–Kier alpha value is -0.570. The van der Waals surface area contributed by atoms with Gasteiger partial charge in [-0.05, 0) is 18.3 Å². The van der Waals surface area contributed by atoms with Gasteiger partial charge in [-0.2, -0.15) is 0 Å². The first-order valence-corrected chi connectivity index (χ1v) is 3.48. The molecule has 1 amide bonds. The molecule has 0 aromatic rings. The van der Waals surface area contributed by atoms with Gasteiger partial charge in [0.2, 0.25) is 5.91 Å². The number of amides is 1. The number of carbonyl (C=O) groups excluding carboxylic acids is 1. The van der Waals surface area contributed by atoms with Gasteiger partial charge in [0, 0.05) is 6.42 Å². The van der Waals surface area contributed by atoms with Crippen molar-refractivity contribution in [3.63, 3.8) is 0 Å². The van der Waals surface area contributed by atoms with E-state index in [1.165, 1.54) is 20.0 Å². The standard InChI is InChI=1S/C7H13NO2/c1-7(3-4-7)5-6(9)8-10-2/h3-5H2,1-2H3,(H,8,9). The minimum atomic E-state index is -0.0116. The van der Waals surface area contributed by atoms with Crippen LogP contribution >= 0.6 is 0 Å². The Kier molecular flexibility index (Phi) is 1.94. The molecule has 0 aromatic heterocycles. The van der Waals surface area contributed by atoms with E-state index in [9.17, 15) is 4.79 Å². The third-order valence-corrected chi connectivity index (χ3v) is 1.91. The van der Waals surface area contributed by atoms with Gasteiger partial charge in [-0.25, -0.2) is 5.48 Å². The zero-order valence-electron chi connectivity index (χ0n) is 6.44. The lowest BCUT2D eigenvalue weighted by atomic mass is 10.1. The van der Waals surface area contributed by atoms with Gasteiger partial charge in [0.25, 0.3) is 0 Å². The van der Waals surface area contributed by atoms with Crippen molar-refractivity contribution in [2.24, 2.45) is 5.41 Å². The summed E-state index contributed by atoms with van der Waals surface area (Å²) in [7, 11) is 1.45. The van der Waals surface area contributed by atoms with Crippen molar-refractivity contribution >= 4 is 5.91 Å². The fraction of sp³-hybridized carbons (Fsp3) is 0.857. The molecule has 1 aliphatic rings. The maximum atomic E-state index is 10.9. The van der Waals surface area contributed by atoms with Crippen LogP contribution in [-0.2, 0) is 9.63 Å². The minimum Gasteiger partial charge on any atom is -0.277 e. The molecule has 3 nitrogen and oxygen atoms in total. The lowest BCUT2D eigenvalue weighted by Gasteiger charge is -2.05. The summed E-state index contributed by atoms with van der Waals surface area (Å²) >= 11 is 0. The van der Waals surface area contributed by atoms with Gasteiger partial charge < -0.3 is 0 Å². The molecule has 0 aliphatic heterocycles. The fourth-order valence-corrected chi connectivity index (χ4v) is 0.928. The predicted molar refractivity (Wildman–Crippen MR) is 37.1 cm³/mol. The van der Waals surface area contributed by atoms with Gasteiger partial charge in [-0.1, -0.05) is 6.92 Å². The molecule has 0 unspecified atom stereocenters. The SMILES string of the molecule is CONC(=O)CC1(C)CC1. The number of rotatable bonds is 3. The molecule has 0 bridgehead atoms. The van der Waals surface area contributed by atoms with Gasteiger partial charge >= 0.3 is 0 Å². The number of hydrogen-bond donors (Lipinski definition) is 1. The van der Waals surface area contributed by atoms with Crippen molar-refractivity contribution in [2.45, 2.75) is 26.2 Å². The number of hydroxylamine groups is 1. The largest absolute Gasteiger partial charge is 0.277 e. The Balaban J connectivity index is 2.18. The molecule has 1 saturated carbocycles. The Labute approximate surface area is 60.7 Å². The van der Waals surface area contributed by atoms with E-state index in [-0.39, 0.29) is 11.3 Å². The molecule has 0 aromatic carbocycles. The maximum Gasteiger partial charge on any atom is 0.244 e. The van der Waals surface area contributed by atoms with E-state index >= 15 is 0 Å². The Morgan fingerprint density at radius 3 is 2.70 bits per heavy atom. The lowest BCUT2D eigenvalue weighted by molar-refractivity contribution is -0.132. The van der Waals surface area contributed by atoms with E-state index in [0.717, 1.165) is 0 Å². The van der Waals surface area contributed by atoms with Crippen molar-refractivity contribution in [3.05, 3.63) is 0 Å². The third-order valence-electron chi connectivity index (χ3n) is 1.91. The quantitative estimate of drug-likeness (QED) is 0.595. The first-order chi connectivity index (χ1) is 4.66. The van der Waals surface area contributed by atoms with Crippen molar-refractivity contribution in [1.29, 1.82) is 0 Å². The van der Waals surface area contributed by atoms with Gasteiger partial charge in [-0.3, -0.25) is 9.63 Å². The molecule has 1 aliphatic carbocycles. The maximum absolute atomic E-state index is 10.9. The fourth-order valence-electron chi connectivity index (χ4n) is 0.928. The van der Waals surface area contributed by atoms with Crippen LogP contribution in [0.15, 0.2) is 0 Å². The lowest BCUT2D eigenvalue weighted by Crippen LogP contribution is -2.23. The summed E-state index contributed by atoms with van der Waals surface area (Å²) in [5, 5.41) is 0. The summed E-state index contributed by atoms with van der Waals surface area (Å²) in [4.78, 5) is 15.3. The first-order valence-electron chi connectivity index (χ1n) is 3.48. The summed E-state index contributed by atoms with van der Waals surface area (Å²) in [6, 6.07) is 0. The Morgan fingerprint density at radius 1 is 1.70 bits per heavy atom. The minimum absolute atomic E-state index is 0.0116. The van der Waals surface area contributed by atoms with Crippen LogP contribution in [0.4, 0.5) is 0 Å². The van der Waals surface area contributed by atoms with Gasteiger partial charge in [0.1, 0.15) is 0 Å². The molecule has 0 radical (unpaired) electrons. The second-order valence-corrected chi connectivity index (χ2v) is 3.22. The molecule has 1 N–H and O–H groups in total. The van der Waals surface area contributed by atoms with Gasteiger partial charge in [0.05, 0.1) is 7.11 Å². The van der Waals surface area contributed by atoms with Crippen molar-refractivity contribution < 1.29 is 9.63 Å². The number of nitrogens with one attached hydrogen (secondary N) is 1. The summed E-state index contributed by atoms with van der Waals surface area (Å²) in [6.07, 6.45) is 2.94. The normalized spacial score (nSPS) is 20.2. The van der Waals surface area contributed by atoms with Gasteiger partial charge in [-0.15, -0.1) is 0 Å². The van der Waals surface area contributed by atoms with E-state index in [0.29, 0.717) is 6.42 Å². The van der Waals surface area contributed by atoms with Crippen molar-refractivity contribution in [3.8, 4) is 0 Å². The smallest absolute Gasteiger partial charge is 0.244 e. The van der Waals surface area contributed by atoms with E-state index < -0.39 is 0 Å². The number of carbonyl (C=O) groups is 1. The molecular formula is C7H13NO2. The predicted octanol–water partition coefficient (Wildman–Crippen LogP) is 0.854. The summed E-state index contributed by atoms with van der Waals surface area (Å²) in [5.41, 5.74) is 2.58. The van der Waals surface area contributed by atoms with Crippen LogP contribution in [0, 0.1) is 5.41 Å². The van der Waals surface area contributed by atoms with E-state index in [1.807, 2.05) is 0 Å². The topological polar surface area (TPSA) is 38.3 Å². The molecule has 0 heterocycles. The summed E-state index contributed by atoms with van der Waals surface area (Å²) in [6.45, 7) is 2.11. The Morgan fingerprint density at radius 2 is 2.30 bits per heavy atom. The number of hydrogen-bond acceptors (Lipinski definition) is 2. The van der Waals surface area contributed by atoms with Crippen LogP contribution in [0.25, 0.3) is 0 Å². The van der Waals surface area contributed by atoms with E-state index in [1.54, 1.807) is 0 Å². The van der Waals surface area contributed by atoms with E-state index in [2.05, 4.69) is 17.2 Å². The highest BCUT2D eigenvalue weighted by molar-refractivity contribution is 5.75. The third kappa shape index (κ3) is 1.99. The highest BCUT2D eigenvalue weighted by atomic mass is 16.6. The summed E-state index contributed by atoms with van der Waals surface area (Å²) in [5.74, 6) is -0.0116. The monoisotopic (exact) mass is 143 g/mol. The van der Waals surface area contributed by atoms with Crippen LogP contribution < -0.4 is 5.48 Å². The second-order valence-electron chi connectivity index (χ2n) is 3.22. The molecule has 0 spiro atoms. The van der Waals surface area contributed by atoms with Crippen molar-refractivity contribution in [1.82, 2.24) is 5.48 Å². The molecule has 10 heavy (non-hydrogen) atoms. The van der Waals surface area contributed by atoms with Crippen molar-refractivity contribution in [2.75, 3.05) is 7.11 Å². The van der Waals surface area contributed by atoms with Crippen LogP contribution in [0.1, 0.15) is 26.2 Å². The molecule has 0 atom stereocenters. The average molecular weight is 143 g/mol. The van der Waals surface area contributed by atoms with Crippen LogP contribution in [-0.4, -0.2) is 13.0 Å². The highest BCUT2D eigenvalue weighted by Gasteiger charge is 2.39. The zero-order valence-corrected chi connectivity index (χ0v) is 6.44. The molecular weight excluding hydrogens is 130 g/mol. The first kappa shape index (κ1) is 7.54. The molecule has 58 valence electrons. The Bertz CT molecular complexity index is 141. The van der Waals surface area contributed by atoms with E-state index in [4.69, 9.17) is 0 Å². The highest BCUT2D eigenvalue weighted by Crippen LogP contribution is 2.47. The average Bonchev–Trinajstić information content (AvgIpc) is 2.48. The van der Waals surface area contributed by atoms with Crippen LogP contribution in [0.5, 0.6) is 0 Å². The molecule has 1 rings (SSSR count).